The topological polar surface area (TPSA) is 71.1 Å². The summed E-state index contributed by atoms with van der Waals surface area (Å²) in [6.45, 7) is 4.22. The smallest absolute Gasteiger partial charge is 0.322 e. The van der Waals surface area contributed by atoms with Gasteiger partial charge in [-0.25, -0.2) is 4.79 Å². The van der Waals surface area contributed by atoms with Gasteiger partial charge in [-0.05, 0) is 43.3 Å². The van der Waals surface area contributed by atoms with Gasteiger partial charge in [-0.15, -0.1) is 0 Å². The maximum absolute atomic E-state index is 12.7. The van der Waals surface area contributed by atoms with Crippen molar-refractivity contribution in [3.8, 4) is 11.5 Å². The van der Waals surface area contributed by atoms with Crippen LogP contribution in [0.2, 0.25) is 0 Å². The summed E-state index contributed by atoms with van der Waals surface area (Å²) in [4.78, 5) is 28.1. The highest BCUT2D eigenvalue weighted by Crippen LogP contribution is 2.29. The first-order valence-corrected chi connectivity index (χ1v) is 9.15. The minimum atomic E-state index is -0.168. The quantitative estimate of drug-likeness (QED) is 0.803. The van der Waals surface area contributed by atoms with E-state index in [9.17, 15) is 9.59 Å². The zero-order valence-corrected chi connectivity index (χ0v) is 16.4. The van der Waals surface area contributed by atoms with Gasteiger partial charge in [-0.1, -0.05) is 0 Å². The summed E-state index contributed by atoms with van der Waals surface area (Å²) in [5.41, 5.74) is 2.34. The third-order valence-corrected chi connectivity index (χ3v) is 4.85. The van der Waals surface area contributed by atoms with E-state index in [0.29, 0.717) is 35.8 Å². The molecule has 1 fully saturated rings. The largest absolute Gasteiger partial charge is 0.497 e. The molecule has 0 aromatic heterocycles. The summed E-state index contributed by atoms with van der Waals surface area (Å²) in [6.07, 6.45) is 0. The van der Waals surface area contributed by atoms with Crippen molar-refractivity contribution in [2.24, 2.45) is 0 Å². The van der Waals surface area contributed by atoms with Gasteiger partial charge in [0, 0.05) is 43.5 Å². The van der Waals surface area contributed by atoms with Crippen LogP contribution < -0.4 is 19.7 Å². The Kier molecular flexibility index (Phi) is 6.03. The molecule has 1 saturated heterocycles. The Balaban J connectivity index is 1.60. The van der Waals surface area contributed by atoms with Crippen molar-refractivity contribution in [1.82, 2.24) is 4.90 Å². The van der Waals surface area contributed by atoms with Gasteiger partial charge in [-0.3, -0.25) is 4.79 Å². The average molecular weight is 383 g/mol. The molecule has 0 atom stereocenters. The fraction of sp³-hybridized carbons (Fsp3) is 0.333. The molecule has 0 unspecified atom stereocenters. The minimum absolute atomic E-state index is 0.0565. The number of carbonyl (C=O) groups excluding carboxylic acids is 2. The maximum atomic E-state index is 12.7. The van der Waals surface area contributed by atoms with Gasteiger partial charge in [0.25, 0.3) is 0 Å². The van der Waals surface area contributed by atoms with Crippen LogP contribution >= 0.6 is 0 Å². The fourth-order valence-corrected chi connectivity index (χ4v) is 3.18. The number of methoxy groups -OCH3 is 2. The first kappa shape index (κ1) is 19.5. The molecule has 3 rings (SSSR count). The van der Waals surface area contributed by atoms with Gasteiger partial charge in [0.2, 0.25) is 0 Å². The number of rotatable bonds is 5. The lowest BCUT2D eigenvalue weighted by molar-refractivity contribution is 0.101. The second kappa shape index (κ2) is 8.65. The van der Waals surface area contributed by atoms with Crippen LogP contribution in [0.25, 0.3) is 0 Å². The Bertz CT molecular complexity index is 843. The van der Waals surface area contributed by atoms with Gasteiger partial charge < -0.3 is 24.6 Å². The number of piperazine rings is 1. The average Bonchev–Trinajstić information content (AvgIpc) is 2.73. The molecular weight excluding hydrogens is 358 g/mol. The fourth-order valence-electron chi connectivity index (χ4n) is 3.18. The van der Waals surface area contributed by atoms with E-state index in [1.807, 2.05) is 24.3 Å². The lowest BCUT2D eigenvalue weighted by atomic mass is 10.1. The highest BCUT2D eigenvalue weighted by molar-refractivity contribution is 5.94. The first-order valence-electron chi connectivity index (χ1n) is 9.15. The number of carbonyl (C=O) groups is 2. The summed E-state index contributed by atoms with van der Waals surface area (Å²) < 4.78 is 10.5. The Labute approximate surface area is 164 Å². The van der Waals surface area contributed by atoms with Crippen LogP contribution in [0, 0.1) is 0 Å². The predicted molar refractivity (Wildman–Crippen MR) is 109 cm³/mol. The van der Waals surface area contributed by atoms with Gasteiger partial charge >= 0.3 is 6.03 Å². The van der Waals surface area contributed by atoms with Gasteiger partial charge in [0.05, 0.1) is 19.9 Å². The molecule has 7 nitrogen and oxygen atoms in total. The number of hydrogen-bond donors (Lipinski definition) is 1. The lowest BCUT2D eigenvalue weighted by Crippen LogP contribution is -2.50. The molecule has 1 aliphatic rings. The highest BCUT2D eigenvalue weighted by Gasteiger charge is 2.22. The van der Waals surface area contributed by atoms with Crippen LogP contribution in [-0.2, 0) is 0 Å². The second-order valence-corrected chi connectivity index (χ2v) is 6.57. The van der Waals surface area contributed by atoms with E-state index in [0.717, 1.165) is 18.8 Å². The van der Waals surface area contributed by atoms with Crippen molar-refractivity contribution in [1.29, 1.82) is 0 Å². The maximum Gasteiger partial charge on any atom is 0.322 e. The Morgan fingerprint density at radius 1 is 0.929 bits per heavy atom. The molecule has 2 amide bonds. The summed E-state index contributed by atoms with van der Waals surface area (Å²) in [6, 6.07) is 12.7. The van der Waals surface area contributed by atoms with Gasteiger partial charge in [0.15, 0.2) is 5.78 Å². The molecule has 2 aromatic rings. The number of benzene rings is 2. The molecule has 0 spiro atoms. The summed E-state index contributed by atoms with van der Waals surface area (Å²) in [7, 11) is 3.14. The van der Waals surface area contributed by atoms with Crippen molar-refractivity contribution in [3.63, 3.8) is 0 Å². The van der Waals surface area contributed by atoms with Crippen LogP contribution in [-0.4, -0.2) is 57.1 Å². The Hall–Kier alpha value is -3.22. The molecular formula is C21H25N3O4. The SMILES string of the molecule is COc1ccc(OC)c(NC(=O)N2CCN(c3ccc(C(C)=O)cc3)CC2)c1. The Morgan fingerprint density at radius 3 is 2.18 bits per heavy atom. The van der Waals surface area contributed by atoms with E-state index in [-0.39, 0.29) is 11.8 Å². The number of ketones is 1. The van der Waals surface area contributed by atoms with E-state index < -0.39 is 0 Å². The molecule has 1 aliphatic heterocycles. The number of ether oxygens (including phenoxy) is 2. The van der Waals surface area contributed by atoms with Gasteiger partial charge in [0.1, 0.15) is 11.5 Å². The van der Waals surface area contributed by atoms with E-state index in [1.54, 1.807) is 44.2 Å². The van der Waals surface area contributed by atoms with E-state index >= 15 is 0 Å². The Morgan fingerprint density at radius 2 is 1.61 bits per heavy atom. The number of amides is 2. The molecule has 2 aromatic carbocycles. The zero-order chi connectivity index (χ0) is 20.1. The lowest BCUT2D eigenvalue weighted by Gasteiger charge is -2.36. The van der Waals surface area contributed by atoms with Crippen molar-refractivity contribution >= 4 is 23.2 Å². The number of Topliss-reactive ketones (excluding diaryl/α,β-unsaturated/α-hetero) is 1. The van der Waals surface area contributed by atoms with Crippen LogP contribution in [0.4, 0.5) is 16.2 Å². The minimum Gasteiger partial charge on any atom is -0.497 e. The van der Waals surface area contributed by atoms with Crippen molar-refractivity contribution in [2.45, 2.75) is 6.92 Å². The number of nitrogens with one attached hydrogen (secondary N) is 1. The molecule has 0 bridgehead atoms. The molecule has 0 aliphatic carbocycles. The second-order valence-electron chi connectivity index (χ2n) is 6.57. The zero-order valence-electron chi connectivity index (χ0n) is 16.4. The number of urea groups is 1. The summed E-state index contributed by atoms with van der Waals surface area (Å²) in [5.74, 6) is 1.29. The standard InChI is InChI=1S/C21H25N3O4/c1-15(25)16-4-6-17(7-5-16)23-10-12-24(13-11-23)21(26)22-19-14-18(27-2)8-9-20(19)28-3/h4-9,14H,10-13H2,1-3H3,(H,22,26). The number of hydrogen-bond acceptors (Lipinski definition) is 5. The normalized spacial score (nSPS) is 13.8. The molecule has 1 N–H and O–H groups in total. The van der Waals surface area contributed by atoms with Crippen molar-refractivity contribution < 1.29 is 19.1 Å². The third kappa shape index (κ3) is 4.36. The predicted octanol–water partition coefficient (Wildman–Crippen LogP) is 3.26. The molecule has 0 radical (unpaired) electrons. The van der Waals surface area contributed by atoms with Gasteiger partial charge in [-0.2, -0.15) is 0 Å². The highest BCUT2D eigenvalue weighted by atomic mass is 16.5. The molecule has 7 heteroatoms. The first-order chi connectivity index (χ1) is 13.5. The van der Waals surface area contributed by atoms with E-state index in [4.69, 9.17) is 9.47 Å². The van der Waals surface area contributed by atoms with Crippen LogP contribution in [0.5, 0.6) is 11.5 Å². The molecule has 148 valence electrons. The summed E-state index contributed by atoms with van der Waals surface area (Å²) in [5, 5.41) is 2.91. The van der Waals surface area contributed by atoms with E-state index in [1.165, 1.54) is 0 Å². The van der Waals surface area contributed by atoms with E-state index in [2.05, 4.69) is 10.2 Å². The monoisotopic (exact) mass is 383 g/mol. The van der Waals surface area contributed by atoms with Crippen molar-refractivity contribution in [2.75, 3.05) is 50.6 Å². The van der Waals surface area contributed by atoms with Crippen LogP contribution in [0.1, 0.15) is 17.3 Å². The molecule has 1 heterocycles. The van der Waals surface area contributed by atoms with Crippen molar-refractivity contribution in [3.05, 3.63) is 48.0 Å². The number of anilines is 2. The van der Waals surface area contributed by atoms with Crippen LogP contribution in [0.3, 0.4) is 0 Å². The van der Waals surface area contributed by atoms with Crippen LogP contribution in [0.15, 0.2) is 42.5 Å². The number of nitrogens with zero attached hydrogens (tertiary/aromatic N) is 2. The third-order valence-electron chi connectivity index (χ3n) is 4.85. The molecule has 0 saturated carbocycles. The molecule has 28 heavy (non-hydrogen) atoms. The summed E-state index contributed by atoms with van der Waals surface area (Å²) >= 11 is 0.